The fourth-order valence-corrected chi connectivity index (χ4v) is 2.66. The number of carbonyl (C=O) groups excluding carboxylic acids is 1. The van der Waals surface area contributed by atoms with E-state index in [2.05, 4.69) is 25.7 Å². The summed E-state index contributed by atoms with van der Waals surface area (Å²) in [5, 5.41) is 0. The lowest BCUT2D eigenvalue weighted by molar-refractivity contribution is 0.0603. The number of hydrogen-bond acceptors (Lipinski definition) is 4. The van der Waals surface area contributed by atoms with E-state index in [1.54, 1.807) is 12.1 Å². The van der Waals surface area contributed by atoms with Crippen LogP contribution in [0.25, 0.3) is 10.2 Å². The molecule has 0 atom stereocenters. The van der Waals surface area contributed by atoms with Gasteiger partial charge in [0, 0.05) is 0 Å². The number of halogens is 1. The molecule has 14 heavy (non-hydrogen) atoms. The van der Waals surface area contributed by atoms with Crippen molar-refractivity contribution in [1.82, 2.24) is 4.98 Å². The molecule has 0 amide bonds. The number of ether oxygens (including phenoxy) is 1. The topological polar surface area (TPSA) is 39.2 Å². The number of aromatic nitrogens is 1. The minimum Gasteiger partial charge on any atom is -0.465 e. The standard InChI is InChI=1S/C9H6BrNO2S/c1-13-8(12)5-3-2-4-6-7(5)14-9(10)11-6/h2-4H,1H3. The second-order valence-electron chi connectivity index (χ2n) is 2.61. The van der Waals surface area contributed by atoms with E-state index in [1.165, 1.54) is 18.4 Å². The number of hydrogen-bond donors (Lipinski definition) is 0. The molecule has 1 aromatic carbocycles. The summed E-state index contributed by atoms with van der Waals surface area (Å²) in [6.45, 7) is 0. The molecule has 0 unspecified atom stereocenters. The maximum absolute atomic E-state index is 11.4. The molecule has 72 valence electrons. The van der Waals surface area contributed by atoms with E-state index in [4.69, 9.17) is 0 Å². The lowest BCUT2D eigenvalue weighted by Crippen LogP contribution is -2.00. The molecule has 0 saturated heterocycles. The highest BCUT2D eigenvalue weighted by Gasteiger charge is 2.12. The van der Waals surface area contributed by atoms with Gasteiger partial charge in [0.05, 0.1) is 22.9 Å². The third kappa shape index (κ3) is 1.53. The first kappa shape index (κ1) is 9.61. The Morgan fingerprint density at radius 1 is 1.57 bits per heavy atom. The van der Waals surface area contributed by atoms with Crippen molar-refractivity contribution in [2.24, 2.45) is 0 Å². The fraction of sp³-hybridized carbons (Fsp3) is 0.111. The van der Waals surface area contributed by atoms with Gasteiger partial charge in [0.25, 0.3) is 0 Å². The smallest absolute Gasteiger partial charge is 0.339 e. The number of esters is 1. The molecule has 0 N–H and O–H groups in total. The van der Waals surface area contributed by atoms with Gasteiger partial charge in [0.15, 0.2) is 3.92 Å². The molecule has 0 fully saturated rings. The Morgan fingerprint density at radius 3 is 3.07 bits per heavy atom. The fourth-order valence-electron chi connectivity index (χ4n) is 1.19. The quantitative estimate of drug-likeness (QED) is 0.749. The summed E-state index contributed by atoms with van der Waals surface area (Å²) in [5.41, 5.74) is 1.37. The van der Waals surface area contributed by atoms with E-state index >= 15 is 0 Å². The van der Waals surface area contributed by atoms with Gasteiger partial charge in [-0.25, -0.2) is 9.78 Å². The van der Waals surface area contributed by atoms with Crippen LogP contribution in [0.1, 0.15) is 10.4 Å². The van der Waals surface area contributed by atoms with E-state index < -0.39 is 0 Å². The van der Waals surface area contributed by atoms with E-state index in [-0.39, 0.29) is 5.97 Å². The predicted octanol–water partition coefficient (Wildman–Crippen LogP) is 2.85. The van der Waals surface area contributed by atoms with Crippen LogP contribution in [0.2, 0.25) is 0 Å². The Balaban J connectivity index is 2.70. The molecular formula is C9H6BrNO2S. The minimum atomic E-state index is -0.327. The monoisotopic (exact) mass is 271 g/mol. The Hall–Kier alpha value is -0.940. The van der Waals surface area contributed by atoms with Crippen molar-refractivity contribution in [3.05, 3.63) is 27.7 Å². The predicted molar refractivity (Wildman–Crippen MR) is 58.7 cm³/mol. The number of carbonyl (C=O) groups is 1. The maximum Gasteiger partial charge on any atom is 0.339 e. The molecule has 1 heterocycles. The second kappa shape index (κ2) is 3.67. The summed E-state index contributed by atoms with van der Waals surface area (Å²) in [6, 6.07) is 5.39. The van der Waals surface area contributed by atoms with Crippen molar-refractivity contribution < 1.29 is 9.53 Å². The zero-order valence-corrected chi connectivity index (χ0v) is 9.68. The molecule has 0 saturated carbocycles. The number of fused-ring (bicyclic) bond motifs is 1. The van der Waals surface area contributed by atoms with Crippen molar-refractivity contribution in [3.63, 3.8) is 0 Å². The van der Waals surface area contributed by atoms with Gasteiger partial charge in [0.2, 0.25) is 0 Å². The van der Waals surface area contributed by atoms with Crippen LogP contribution in [0.15, 0.2) is 22.1 Å². The highest BCUT2D eigenvalue weighted by molar-refractivity contribution is 9.11. The van der Waals surface area contributed by atoms with Crippen LogP contribution in [-0.4, -0.2) is 18.1 Å². The van der Waals surface area contributed by atoms with Crippen molar-refractivity contribution in [1.29, 1.82) is 0 Å². The first-order valence-electron chi connectivity index (χ1n) is 3.85. The first-order chi connectivity index (χ1) is 6.72. The van der Waals surface area contributed by atoms with Crippen molar-refractivity contribution >= 4 is 43.5 Å². The Morgan fingerprint density at radius 2 is 2.36 bits per heavy atom. The molecule has 0 radical (unpaired) electrons. The van der Waals surface area contributed by atoms with Crippen LogP contribution >= 0.6 is 27.3 Å². The molecule has 0 aliphatic carbocycles. The Bertz CT molecular complexity index is 495. The lowest BCUT2D eigenvalue weighted by atomic mass is 10.2. The molecule has 1 aromatic heterocycles. The van der Waals surface area contributed by atoms with E-state index in [1.807, 2.05) is 6.07 Å². The van der Waals surface area contributed by atoms with Gasteiger partial charge in [-0.2, -0.15) is 0 Å². The Kier molecular flexibility index (Phi) is 2.52. The average Bonchev–Trinajstić information content (AvgIpc) is 2.56. The van der Waals surface area contributed by atoms with Crippen LogP contribution < -0.4 is 0 Å². The maximum atomic E-state index is 11.4. The number of rotatable bonds is 1. The molecule has 0 aliphatic heterocycles. The second-order valence-corrected chi connectivity index (χ2v) is 4.89. The molecular weight excluding hydrogens is 266 g/mol. The minimum absolute atomic E-state index is 0.327. The van der Waals surface area contributed by atoms with Gasteiger partial charge in [-0.05, 0) is 28.1 Å². The third-order valence-electron chi connectivity index (χ3n) is 1.79. The molecule has 0 bridgehead atoms. The van der Waals surface area contributed by atoms with Crippen molar-refractivity contribution in [2.75, 3.05) is 7.11 Å². The zero-order valence-electron chi connectivity index (χ0n) is 7.28. The summed E-state index contributed by atoms with van der Waals surface area (Å²) < 4.78 is 6.30. The van der Waals surface area contributed by atoms with Crippen LogP contribution in [0, 0.1) is 0 Å². The van der Waals surface area contributed by atoms with Crippen molar-refractivity contribution in [3.8, 4) is 0 Å². The molecule has 5 heteroatoms. The number of benzene rings is 1. The van der Waals surface area contributed by atoms with Gasteiger partial charge in [-0.15, -0.1) is 11.3 Å². The summed E-state index contributed by atoms with van der Waals surface area (Å²) in [4.78, 5) is 15.6. The van der Waals surface area contributed by atoms with Crippen LogP contribution in [0.5, 0.6) is 0 Å². The molecule has 3 nitrogen and oxygen atoms in total. The van der Waals surface area contributed by atoms with Gasteiger partial charge in [0.1, 0.15) is 0 Å². The van der Waals surface area contributed by atoms with Crippen molar-refractivity contribution in [2.45, 2.75) is 0 Å². The Labute approximate surface area is 92.8 Å². The normalized spacial score (nSPS) is 10.4. The van der Waals surface area contributed by atoms with Crippen LogP contribution in [0.4, 0.5) is 0 Å². The largest absolute Gasteiger partial charge is 0.465 e. The summed E-state index contributed by atoms with van der Waals surface area (Å²) >= 11 is 4.71. The zero-order chi connectivity index (χ0) is 10.1. The van der Waals surface area contributed by atoms with Gasteiger partial charge in [-0.3, -0.25) is 0 Å². The van der Waals surface area contributed by atoms with E-state index in [0.29, 0.717) is 5.56 Å². The molecule has 2 aromatic rings. The van der Waals surface area contributed by atoms with Crippen LogP contribution in [-0.2, 0) is 4.74 Å². The molecule has 0 spiro atoms. The SMILES string of the molecule is COC(=O)c1cccc2nc(Br)sc12. The van der Waals surface area contributed by atoms with Gasteiger partial charge >= 0.3 is 5.97 Å². The number of methoxy groups -OCH3 is 1. The number of nitrogens with zero attached hydrogens (tertiary/aromatic N) is 1. The number of thiazole rings is 1. The van der Waals surface area contributed by atoms with Crippen LogP contribution in [0.3, 0.4) is 0 Å². The highest BCUT2D eigenvalue weighted by atomic mass is 79.9. The third-order valence-corrected chi connectivity index (χ3v) is 3.35. The summed E-state index contributed by atoms with van der Waals surface area (Å²) in [6.07, 6.45) is 0. The average molecular weight is 272 g/mol. The van der Waals surface area contributed by atoms with E-state index in [9.17, 15) is 4.79 Å². The summed E-state index contributed by atoms with van der Waals surface area (Å²) in [7, 11) is 1.37. The van der Waals surface area contributed by atoms with E-state index in [0.717, 1.165) is 14.1 Å². The summed E-state index contributed by atoms with van der Waals surface area (Å²) in [5.74, 6) is -0.327. The molecule has 2 rings (SSSR count). The first-order valence-corrected chi connectivity index (χ1v) is 5.46. The highest BCUT2D eigenvalue weighted by Crippen LogP contribution is 2.29. The molecule has 0 aliphatic rings. The van der Waals surface area contributed by atoms with Gasteiger partial charge < -0.3 is 4.74 Å². The lowest BCUT2D eigenvalue weighted by Gasteiger charge is -1.98. The van der Waals surface area contributed by atoms with Gasteiger partial charge in [-0.1, -0.05) is 6.07 Å².